The fourth-order valence-corrected chi connectivity index (χ4v) is 2.56. The number of esters is 1. The molecule has 1 saturated heterocycles. The normalized spacial score (nSPS) is 21.1. The Balaban J connectivity index is 3.26. The van der Waals surface area contributed by atoms with Gasteiger partial charge in [0.25, 0.3) is 6.43 Å². The van der Waals surface area contributed by atoms with Crippen LogP contribution in [0.25, 0.3) is 0 Å². The number of hydrogen-bond acceptors (Lipinski definition) is 6. The smallest absolute Gasteiger partial charge is 0.411 e. The summed E-state index contributed by atoms with van der Waals surface area (Å²) in [5, 5.41) is 0. The van der Waals surface area contributed by atoms with Crippen LogP contribution in [0.15, 0.2) is 0 Å². The van der Waals surface area contributed by atoms with Gasteiger partial charge < -0.3 is 19.1 Å². The quantitative estimate of drug-likeness (QED) is 0.529. The van der Waals surface area contributed by atoms with E-state index in [2.05, 4.69) is 4.74 Å². The number of alkyl halides is 2. The summed E-state index contributed by atoms with van der Waals surface area (Å²) in [6.45, 7) is 8.39. The highest BCUT2D eigenvalue weighted by Crippen LogP contribution is 2.32. The summed E-state index contributed by atoms with van der Waals surface area (Å²) < 4.78 is 43.1. The van der Waals surface area contributed by atoms with Crippen molar-refractivity contribution in [2.75, 3.05) is 26.7 Å². The summed E-state index contributed by atoms with van der Waals surface area (Å²) in [7, 11) is 0.937. The van der Waals surface area contributed by atoms with Crippen molar-refractivity contribution < 1.29 is 37.4 Å². The molecule has 0 aromatic heterocycles. The molecule has 1 rings (SSSR count). The standard InChI is InChI=1S/C17H28F2N2O6/c1-15(2,3)26-13(23)20-8-9-21(14(24)27-16(4,5)6)17(10-20,11(18)19)12(22)25-7/h11H,8-10H2,1-7H3. The second-order valence-electron chi connectivity index (χ2n) is 8.25. The van der Waals surface area contributed by atoms with E-state index in [0.29, 0.717) is 4.90 Å². The van der Waals surface area contributed by atoms with E-state index in [1.807, 2.05) is 0 Å². The number of carbonyl (C=O) groups is 3. The van der Waals surface area contributed by atoms with Crippen LogP contribution >= 0.6 is 0 Å². The monoisotopic (exact) mass is 394 g/mol. The molecular formula is C17H28F2N2O6. The molecule has 1 atom stereocenters. The van der Waals surface area contributed by atoms with Gasteiger partial charge in [0.15, 0.2) is 0 Å². The van der Waals surface area contributed by atoms with Gasteiger partial charge in [-0.05, 0) is 41.5 Å². The molecule has 1 aliphatic rings. The molecule has 0 saturated carbocycles. The summed E-state index contributed by atoms with van der Waals surface area (Å²) in [4.78, 5) is 38.7. The van der Waals surface area contributed by atoms with Crippen molar-refractivity contribution in [1.29, 1.82) is 0 Å². The molecule has 1 unspecified atom stereocenters. The average Bonchev–Trinajstić information content (AvgIpc) is 2.49. The third-order valence-electron chi connectivity index (χ3n) is 3.67. The molecule has 8 nitrogen and oxygen atoms in total. The molecule has 0 N–H and O–H groups in total. The topological polar surface area (TPSA) is 85.4 Å². The molecular weight excluding hydrogens is 366 g/mol. The highest BCUT2D eigenvalue weighted by molar-refractivity contribution is 5.88. The second-order valence-corrected chi connectivity index (χ2v) is 8.25. The van der Waals surface area contributed by atoms with Crippen molar-refractivity contribution in [3.63, 3.8) is 0 Å². The second kappa shape index (κ2) is 7.85. The number of nitrogens with zero attached hydrogens (tertiary/aromatic N) is 2. The lowest BCUT2D eigenvalue weighted by Gasteiger charge is -2.47. The number of amides is 2. The predicted molar refractivity (Wildman–Crippen MR) is 91.5 cm³/mol. The fourth-order valence-electron chi connectivity index (χ4n) is 2.56. The molecule has 156 valence electrons. The van der Waals surface area contributed by atoms with Gasteiger partial charge >= 0.3 is 18.2 Å². The first-order valence-electron chi connectivity index (χ1n) is 8.49. The molecule has 0 bridgehead atoms. The van der Waals surface area contributed by atoms with Crippen LogP contribution in [-0.2, 0) is 19.0 Å². The van der Waals surface area contributed by atoms with E-state index in [9.17, 15) is 23.2 Å². The Bertz CT molecular complexity index is 585. The first-order chi connectivity index (χ1) is 12.1. The molecule has 0 radical (unpaired) electrons. The Hall–Kier alpha value is -2.13. The van der Waals surface area contributed by atoms with E-state index in [0.717, 1.165) is 12.0 Å². The third kappa shape index (κ3) is 5.43. The van der Waals surface area contributed by atoms with E-state index in [1.165, 1.54) is 0 Å². The number of halogens is 2. The number of ether oxygens (including phenoxy) is 3. The molecule has 0 aromatic rings. The summed E-state index contributed by atoms with van der Waals surface area (Å²) in [5.74, 6) is -1.34. The van der Waals surface area contributed by atoms with Crippen LogP contribution in [0.3, 0.4) is 0 Å². The van der Waals surface area contributed by atoms with Gasteiger partial charge in [-0.2, -0.15) is 0 Å². The molecule has 1 heterocycles. The Kier molecular flexibility index (Phi) is 6.66. The SMILES string of the molecule is COC(=O)C1(C(F)F)CN(C(=O)OC(C)(C)C)CCN1C(=O)OC(C)(C)C. The van der Waals surface area contributed by atoms with Gasteiger partial charge in [0.05, 0.1) is 13.7 Å². The van der Waals surface area contributed by atoms with E-state index in [1.54, 1.807) is 41.5 Å². The zero-order valence-corrected chi connectivity index (χ0v) is 16.8. The molecule has 0 aromatic carbocycles. The summed E-state index contributed by atoms with van der Waals surface area (Å²) in [6, 6.07) is 0. The molecule has 1 fully saturated rings. The number of rotatable bonds is 2. The number of hydrogen-bond donors (Lipinski definition) is 0. The van der Waals surface area contributed by atoms with Gasteiger partial charge in [-0.25, -0.2) is 23.2 Å². The minimum absolute atomic E-state index is 0.0976. The van der Waals surface area contributed by atoms with Crippen LogP contribution in [0.1, 0.15) is 41.5 Å². The maximum atomic E-state index is 14.1. The van der Waals surface area contributed by atoms with Gasteiger partial charge in [0.2, 0.25) is 5.54 Å². The number of methoxy groups -OCH3 is 1. The van der Waals surface area contributed by atoms with Crippen molar-refractivity contribution in [3.8, 4) is 0 Å². The number of piperazine rings is 1. The molecule has 2 amide bonds. The maximum absolute atomic E-state index is 14.1. The van der Waals surface area contributed by atoms with Crippen LogP contribution in [0.2, 0.25) is 0 Å². The summed E-state index contributed by atoms with van der Waals surface area (Å²) >= 11 is 0. The summed E-state index contributed by atoms with van der Waals surface area (Å²) in [5.41, 5.74) is -4.49. The van der Waals surface area contributed by atoms with Gasteiger partial charge in [-0.3, -0.25) is 4.90 Å². The zero-order valence-electron chi connectivity index (χ0n) is 16.8. The van der Waals surface area contributed by atoms with Crippen molar-refractivity contribution in [3.05, 3.63) is 0 Å². The molecule has 1 aliphatic heterocycles. The summed E-state index contributed by atoms with van der Waals surface area (Å²) in [6.07, 6.45) is -5.26. The van der Waals surface area contributed by atoms with Crippen molar-refractivity contribution in [2.24, 2.45) is 0 Å². The fraction of sp³-hybridized carbons (Fsp3) is 0.824. The van der Waals surface area contributed by atoms with Crippen LogP contribution in [0.5, 0.6) is 0 Å². The average molecular weight is 394 g/mol. The highest BCUT2D eigenvalue weighted by atomic mass is 19.3. The van der Waals surface area contributed by atoms with Crippen molar-refractivity contribution in [2.45, 2.75) is 64.7 Å². The molecule has 0 spiro atoms. The Morgan fingerprint density at radius 1 is 0.926 bits per heavy atom. The van der Waals surface area contributed by atoms with Crippen LogP contribution in [0, 0.1) is 0 Å². The lowest BCUT2D eigenvalue weighted by atomic mass is 9.94. The lowest BCUT2D eigenvalue weighted by molar-refractivity contribution is -0.173. The molecule has 0 aliphatic carbocycles. The lowest BCUT2D eigenvalue weighted by Crippen LogP contribution is -2.72. The Morgan fingerprint density at radius 2 is 1.41 bits per heavy atom. The highest BCUT2D eigenvalue weighted by Gasteiger charge is 2.60. The predicted octanol–water partition coefficient (Wildman–Crippen LogP) is 2.65. The van der Waals surface area contributed by atoms with Gasteiger partial charge in [0.1, 0.15) is 11.2 Å². The van der Waals surface area contributed by atoms with Crippen molar-refractivity contribution in [1.82, 2.24) is 9.80 Å². The van der Waals surface area contributed by atoms with Gasteiger partial charge in [-0.1, -0.05) is 0 Å². The van der Waals surface area contributed by atoms with E-state index in [-0.39, 0.29) is 13.1 Å². The van der Waals surface area contributed by atoms with E-state index in [4.69, 9.17) is 9.47 Å². The molecule has 10 heteroatoms. The molecule has 27 heavy (non-hydrogen) atoms. The largest absolute Gasteiger partial charge is 0.467 e. The Labute approximate surface area is 157 Å². The first kappa shape index (κ1) is 22.9. The van der Waals surface area contributed by atoms with Crippen LogP contribution < -0.4 is 0 Å². The van der Waals surface area contributed by atoms with Gasteiger partial charge in [-0.15, -0.1) is 0 Å². The Morgan fingerprint density at radius 3 is 1.81 bits per heavy atom. The number of carbonyl (C=O) groups excluding carboxylic acids is 3. The van der Waals surface area contributed by atoms with E-state index < -0.39 is 47.9 Å². The minimum Gasteiger partial charge on any atom is -0.467 e. The maximum Gasteiger partial charge on any atom is 0.411 e. The minimum atomic E-state index is -3.32. The zero-order chi connectivity index (χ0) is 21.2. The van der Waals surface area contributed by atoms with Gasteiger partial charge in [0, 0.05) is 13.1 Å². The first-order valence-corrected chi connectivity index (χ1v) is 8.49. The van der Waals surface area contributed by atoms with Crippen molar-refractivity contribution >= 4 is 18.2 Å². The van der Waals surface area contributed by atoms with Crippen LogP contribution in [0.4, 0.5) is 18.4 Å². The van der Waals surface area contributed by atoms with E-state index >= 15 is 0 Å². The van der Waals surface area contributed by atoms with Crippen LogP contribution in [-0.4, -0.2) is 77.9 Å². The third-order valence-corrected chi connectivity index (χ3v) is 3.67.